The van der Waals surface area contributed by atoms with E-state index in [1.54, 1.807) is 37.7 Å². The fourth-order valence-electron chi connectivity index (χ4n) is 4.90. The number of aromatic nitrogens is 2. The number of hydrogen-bond acceptors (Lipinski definition) is 12. The number of benzene rings is 2. The Balaban J connectivity index is 1.51. The minimum Gasteiger partial charge on any atom is -0.486 e. The number of nitrogens with two attached hydrogens (primary N) is 1. The van der Waals surface area contributed by atoms with E-state index in [1.807, 2.05) is 18.2 Å². The van der Waals surface area contributed by atoms with Crippen LogP contribution in [0.2, 0.25) is 0 Å². The van der Waals surface area contributed by atoms with Crippen LogP contribution in [0.15, 0.2) is 54.3 Å². The zero-order valence-corrected chi connectivity index (χ0v) is 25.7. The van der Waals surface area contributed by atoms with Gasteiger partial charge in [-0.2, -0.15) is 4.98 Å². The van der Waals surface area contributed by atoms with Crippen LogP contribution in [-0.4, -0.2) is 84.5 Å². The van der Waals surface area contributed by atoms with Crippen LogP contribution in [-0.2, 0) is 14.8 Å². The molecule has 0 aliphatic carbocycles. The molecule has 1 saturated heterocycles. The molecule has 2 aromatic carbocycles. The Morgan fingerprint density at radius 3 is 2.61 bits per heavy atom. The lowest BCUT2D eigenvalue weighted by Crippen LogP contribution is -2.36. The fraction of sp³-hybridized carbons (Fsp3) is 0.300. The molecule has 0 radical (unpaired) electrons. The molecule has 4 N–H and O–H groups in total. The third-order valence-electron chi connectivity index (χ3n) is 7.15. The first-order valence-electron chi connectivity index (χ1n) is 13.9. The highest BCUT2D eigenvalue weighted by atomic mass is 32.2. The van der Waals surface area contributed by atoms with Gasteiger partial charge in [0.2, 0.25) is 16.0 Å². The summed E-state index contributed by atoms with van der Waals surface area (Å²) in [6, 6.07) is 9.39. The van der Waals surface area contributed by atoms with Gasteiger partial charge in [-0.3, -0.25) is 9.30 Å². The van der Waals surface area contributed by atoms with E-state index in [0.717, 1.165) is 46.2 Å². The van der Waals surface area contributed by atoms with Gasteiger partial charge in [-0.15, -0.1) is 0 Å². The monoisotopic (exact) mass is 620 g/mol. The Bertz CT molecular complexity index is 1700. The quantitative estimate of drug-likeness (QED) is 0.285. The second kappa shape index (κ2) is 13.2. The molecule has 232 valence electrons. The molecular formula is C30H36N8O5S. The number of nitrogens with zero attached hydrogens (tertiary/aromatic N) is 5. The normalized spacial score (nSPS) is 15.2. The summed E-state index contributed by atoms with van der Waals surface area (Å²) in [7, 11) is -0.481. The van der Waals surface area contributed by atoms with Crippen LogP contribution in [0, 0.1) is 0 Å². The standard InChI is InChI=1S/C30H36N8O5S/c1-5-20-19-33-30(34-22-6-8-25(38-10-12-41-13-11-38)23(16-22)21(17-31)18-32-2)36-29(20)35-24-7-9-26-28(43-15-14-42-26)27(24)37(3)44(4,39)40/h5-9,16-19H,1,10-15,31H2,2-4H3,(H2,33,34,35,36). The molecule has 3 heterocycles. The molecule has 0 atom stereocenters. The highest BCUT2D eigenvalue weighted by molar-refractivity contribution is 7.92. The third kappa shape index (κ3) is 6.55. The van der Waals surface area contributed by atoms with E-state index in [9.17, 15) is 8.42 Å². The summed E-state index contributed by atoms with van der Waals surface area (Å²) in [6.07, 6.45) is 7.62. The lowest BCUT2D eigenvalue weighted by molar-refractivity contribution is 0.122. The van der Waals surface area contributed by atoms with Gasteiger partial charge < -0.3 is 35.5 Å². The molecule has 1 fully saturated rings. The van der Waals surface area contributed by atoms with E-state index < -0.39 is 10.0 Å². The van der Waals surface area contributed by atoms with Crippen LogP contribution in [0.4, 0.5) is 34.5 Å². The number of fused-ring (bicyclic) bond motifs is 1. The maximum Gasteiger partial charge on any atom is 0.232 e. The Labute approximate surface area is 257 Å². The van der Waals surface area contributed by atoms with Crippen molar-refractivity contribution in [2.45, 2.75) is 0 Å². The van der Waals surface area contributed by atoms with Crippen LogP contribution >= 0.6 is 0 Å². The van der Waals surface area contributed by atoms with Crippen LogP contribution < -0.4 is 35.0 Å². The van der Waals surface area contributed by atoms with Crippen LogP contribution in [0.5, 0.6) is 11.5 Å². The predicted molar refractivity (Wildman–Crippen MR) is 175 cm³/mol. The zero-order chi connectivity index (χ0) is 31.3. The van der Waals surface area contributed by atoms with Crippen molar-refractivity contribution < 1.29 is 22.6 Å². The molecule has 2 aliphatic heterocycles. The predicted octanol–water partition coefficient (Wildman–Crippen LogP) is 3.61. The number of rotatable bonds is 10. The molecule has 0 saturated carbocycles. The van der Waals surface area contributed by atoms with Gasteiger partial charge in [0.15, 0.2) is 11.5 Å². The van der Waals surface area contributed by atoms with Gasteiger partial charge in [-0.05, 0) is 30.3 Å². The maximum atomic E-state index is 12.6. The smallest absolute Gasteiger partial charge is 0.232 e. The van der Waals surface area contributed by atoms with Crippen LogP contribution in [0.1, 0.15) is 11.1 Å². The zero-order valence-electron chi connectivity index (χ0n) is 24.9. The van der Waals surface area contributed by atoms with Gasteiger partial charge in [0.05, 0.1) is 25.2 Å². The molecule has 0 bridgehead atoms. The van der Waals surface area contributed by atoms with E-state index in [4.69, 9.17) is 24.9 Å². The number of aliphatic imine (C=N–C) groups is 1. The van der Waals surface area contributed by atoms with E-state index in [0.29, 0.717) is 60.0 Å². The van der Waals surface area contributed by atoms with Crippen molar-refractivity contribution in [2.24, 2.45) is 10.7 Å². The SMILES string of the molecule is C=Cc1cnc(Nc2ccc(N3CCOCC3)c(C(C=NC)=CN)c2)nc1Nc1ccc2c(c1N(C)S(C)(=O)=O)OCCO2. The Hall–Kier alpha value is -4.82. The van der Waals surface area contributed by atoms with Crippen molar-refractivity contribution in [3.8, 4) is 11.5 Å². The number of allylic oxidation sites excluding steroid dienone is 1. The first-order chi connectivity index (χ1) is 21.2. The number of hydrogen-bond donors (Lipinski definition) is 3. The average molecular weight is 621 g/mol. The average Bonchev–Trinajstić information content (AvgIpc) is 3.03. The topological polar surface area (TPSA) is 157 Å². The number of nitrogens with one attached hydrogen (secondary N) is 2. The summed E-state index contributed by atoms with van der Waals surface area (Å²) < 4.78 is 43.4. The van der Waals surface area contributed by atoms with Crippen molar-refractivity contribution in [2.75, 3.05) is 79.7 Å². The third-order valence-corrected chi connectivity index (χ3v) is 8.33. The Morgan fingerprint density at radius 2 is 1.91 bits per heavy atom. The second-order valence-corrected chi connectivity index (χ2v) is 12.0. The summed E-state index contributed by atoms with van der Waals surface area (Å²) in [6.45, 7) is 7.36. The van der Waals surface area contributed by atoms with Crippen molar-refractivity contribution in [1.29, 1.82) is 0 Å². The lowest BCUT2D eigenvalue weighted by Gasteiger charge is -2.31. The first-order valence-corrected chi connectivity index (χ1v) is 15.8. The lowest BCUT2D eigenvalue weighted by atomic mass is 10.0. The van der Waals surface area contributed by atoms with E-state index in [1.165, 1.54) is 13.2 Å². The molecule has 44 heavy (non-hydrogen) atoms. The van der Waals surface area contributed by atoms with Crippen molar-refractivity contribution in [1.82, 2.24) is 9.97 Å². The van der Waals surface area contributed by atoms with Gasteiger partial charge in [0.25, 0.3) is 0 Å². The van der Waals surface area contributed by atoms with Gasteiger partial charge in [0.1, 0.15) is 24.7 Å². The van der Waals surface area contributed by atoms with Crippen molar-refractivity contribution >= 4 is 62.4 Å². The van der Waals surface area contributed by atoms with Gasteiger partial charge in [-0.25, -0.2) is 13.4 Å². The Kier molecular flexibility index (Phi) is 9.20. The minimum absolute atomic E-state index is 0.290. The first kappa shape index (κ1) is 30.6. The van der Waals surface area contributed by atoms with Gasteiger partial charge in [-0.1, -0.05) is 12.7 Å². The number of anilines is 6. The summed E-state index contributed by atoms with van der Waals surface area (Å²) >= 11 is 0. The molecule has 5 rings (SSSR count). The second-order valence-electron chi connectivity index (χ2n) is 10.0. The molecule has 0 unspecified atom stereocenters. The fourth-order valence-corrected chi connectivity index (χ4v) is 5.42. The van der Waals surface area contributed by atoms with Crippen LogP contribution in [0.25, 0.3) is 11.6 Å². The molecule has 13 nitrogen and oxygen atoms in total. The number of morpholine rings is 1. The summed E-state index contributed by atoms with van der Waals surface area (Å²) in [5.74, 6) is 1.50. The molecule has 0 spiro atoms. The van der Waals surface area contributed by atoms with E-state index >= 15 is 0 Å². The molecule has 3 aromatic rings. The van der Waals surface area contributed by atoms with Crippen LogP contribution in [0.3, 0.4) is 0 Å². The molecule has 0 amide bonds. The number of ether oxygens (including phenoxy) is 3. The summed E-state index contributed by atoms with van der Waals surface area (Å²) in [4.78, 5) is 15.6. The molecule has 14 heteroatoms. The number of sulfonamides is 1. The van der Waals surface area contributed by atoms with E-state index in [-0.39, 0.29) is 6.61 Å². The van der Waals surface area contributed by atoms with Crippen molar-refractivity contribution in [3.63, 3.8) is 0 Å². The van der Waals surface area contributed by atoms with Crippen molar-refractivity contribution in [3.05, 3.63) is 60.4 Å². The van der Waals surface area contributed by atoms with Gasteiger partial charge >= 0.3 is 0 Å². The maximum absolute atomic E-state index is 12.6. The molecule has 2 aliphatic rings. The van der Waals surface area contributed by atoms with Gasteiger partial charge in [0, 0.05) is 73.9 Å². The highest BCUT2D eigenvalue weighted by Crippen LogP contribution is 2.46. The summed E-state index contributed by atoms with van der Waals surface area (Å²) in [5.41, 5.74) is 10.8. The van der Waals surface area contributed by atoms with E-state index in [2.05, 4.69) is 32.1 Å². The molecular weight excluding hydrogens is 584 g/mol. The minimum atomic E-state index is -3.64. The summed E-state index contributed by atoms with van der Waals surface area (Å²) in [5, 5.41) is 6.54. The molecule has 1 aromatic heterocycles. The largest absolute Gasteiger partial charge is 0.486 e. The Morgan fingerprint density at radius 1 is 1.14 bits per heavy atom. The highest BCUT2D eigenvalue weighted by Gasteiger charge is 2.27.